The Morgan fingerprint density at radius 2 is 1.62 bits per heavy atom. The summed E-state index contributed by atoms with van der Waals surface area (Å²) in [6.07, 6.45) is 0. The van der Waals surface area contributed by atoms with Crippen LogP contribution in [0.1, 0.15) is 5.69 Å². The minimum absolute atomic E-state index is 1.07. The Labute approximate surface area is 92.6 Å². The lowest BCUT2D eigenvalue weighted by atomic mass is 10.2. The zero-order valence-electron chi connectivity index (χ0n) is 8.61. The first kappa shape index (κ1) is 12.8. The van der Waals surface area contributed by atoms with Gasteiger partial charge in [-0.3, -0.25) is 4.98 Å². The quantitative estimate of drug-likeness (QED) is 0.609. The Morgan fingerprint density at radius 3 is 2.25 bits per heavy atom. The maximum Gasteiger partial charge on any atom is 0.466 e. The molecule has 0 unspecified atom stereocenters. The molecule has 86 valence electrons. The molecule has 1 aromatic carbocycles. The van der Waals surface area contributed by atoms with Gasteiger partial charge in [0.2, 0.25) is 0 Å². The van der Waals surface area contributed by atoms with Gasteiger partial charge in [-0.05, 0) is 19.1 Å². The Hall–Kier alpha value is -1.26. The van der Waals surface area contributed by atoms with Gasteiger partial charge < -0.3 is 14.7 Å². The van der Waals surface area contributed by atoms with E-state index in [4.69, 9.17) is 19.2 Å². The van der Waals surface area contributed by atoms with Gasteiger partial charge in [0.05, 0.1) is 5.52 Å². The summed E-state index contributed by atoms with van der Waals surface area (Å²) >= 11 is 0. The largest absolute Gasteiger partial charge is 0.466 e. The maximum absolute atomic E-state index is 8.88. The lowest BCUT2D eigenvalue weighted by molar-refractivity contribution is 0.275. The van der Waals surface area contributed by atoms with Crippen molar-refractivity contribution in [3.63, 3.8) is 0 Å². The lowest BCUT2D eigenvalue weighted by Gasteiger charge is -1.95. The van der Waals surface area contributed by atoms with Gasteiger partial charge in [-0.2, -0.15) is 0 Å². The molecule has 0 fully saturated rings. The molecule has 0 saturated carbocycles. The summed E-state index contributed by atoms with van der Waals surface area (Å²) in [6.45, 7) is 2.01. The Kier molecular flexibility index (Phi) is 4.15. The van der Waals surface area contributed by atoms with Gasteiger partial charge in [0.25, 0.3) is 0 Å². The van der Waals surface area contributed by atoms with Crippen molar-refractivity contribution in [3.8, 4) is 0 Å². The molecule has 0 radical (unpaired) electrons. The van der Waals surface area contributed by atoms with Crippen LogP contribution < -0.4 is 0 Å². The summed E-state index contributed by atoms with van der Waals surface area (Å²) < 4.78 is 8.88. The van der Waals surface area contributed by atoms with Crippen molar-refractivity contribution in [2.75, 3.05) is 0 Å². The molecule has 0 bridgehead atoms. The number of fused-ring (bicyclic) bond motifs is 1. The highest BCUT2D eigenvalue weighted by atomic mass is 31.2. The number of pyridine rings is 1. The molecule has 0 aliphatic rings. The van der Waals surface area contributed by atoms with E-state index in [-0.39, 0.29) is 0 Å². The van der Waals surface area contributed by atoms with Gasteiger partial charge in [0.1, 0.15) is 0 Å². The second kappa shape index (κ2) is 5.18. The molecule has 0 saturated heterocycles. The van der Waals surface area contributed by atoms with E-state index in [0.717, 1.165) is 11.2 Å². The van der Waals surface area contributed by atoms with Crippen LogP contribution in [0.3, 0.4) is 0 Å². The fourth-order valence-corrected chi connectivity index (χ4v) is 1.17. The minimum Gasteiger partial charge on any atom is -0.303 e. The molecular weight excluding hydrogens is 229 g/mol. The van der Waals surface area contributed by atoms with Crippen molar-refractivity contribution >= 4 is 18.7 Å². The highest BCUT2D eigenvalue weighted by molar-refractivity contribution is 7.45. The first-order valence-corrected chi connectivity index (χ1v) is 6.03. The van der Waals surface area contributed by atoms with Gasteiger partial charge in [-0.25, -0.2) is 4.57 Å². The number of hydrogen-bond donors (Lipinski definition) is 3. The van der Waals surface area contributed by atoms with E-state index < -0.39 is 7.82 Å². The van der Waals surface area contributed by atoms with Gasteiger partial charge in [-0.15, -0.1) is 0 Å². The zero-order valence-corrected chi connectivity index (χ0v) is 9.50. The summed E-state index contributed by atoms with van der Waals surface area (Å²) in [5.41, 5.74) is 2.15. The van der Waals surface area contributed by atoms with E-state index in [1.807, 2.05) is 31.2 Å². The first-order chi connectivity index (χ1) is 7.36. The molecule has 0 aliphatic heterocycles. The first-order valence-electron chi connectivity index (χ1n) is 4.47. The van der Waals surface area contributed by atoms with Crippen molar-refractivity contribution in [1.29, 1.82) is 0 Å². The zero-order chi connectivity index (χ0) is 12.2. The number of aromatic nitrogens is 1. The van der Waals surface area contributed by atoms with E-state index in [9.17, 15) is 0 Å². The molecule has 2 aromatic rings. The number of phosphoric acid groups is 1. The van der Waals surface area contributed by atoms with E-state index in [1.54, 1.807) is 0 Å². The number of benzene rings is 1. The van der Waals surface area contributed by atoms with Gasteiger partial charge in [0, 0.05) is 11.1 Å². The third-order valence-corrected chi connectivity index (χ3v) is 1.74. The van der Waals surface area contributed by atoms with Crippen molar-refractivity contribution in [3.05, 3.63) is 42.1 Å². The van der Waals surface area contributed by atoms with Crippen LogP contribution in [0.4, 0.5) is 0 Å². The average molecular weight is 241 g/mol. The molecule has 16 heavy (non-hydrogen) atoms. The van der Waals surface area contributed by atoms with Crippen LogP contribution in [0.25, 0.3) is 10.9 Å². The fraction of sp³-hybridized carbons (Fsp3) is 0.100. The highest BCUT2D eigenvalue weighted by Crippen LogP contribution is 2.25. The number of hydrogen-bond acceptors (Lipinski definition) is 2. The molecule has 1 heterocycles. The van der Waals surface area contributed by atoms with Gasteiger partial charge in [0.15, 0.2) is 0 Å². The topological polar surface area (TPSA) is 90.7 Å². The summed E-state index contributed by atoms with van der Waals surface area (Å²) in [5.74, 6) is 0. The molecule has 0 atom stereocenters. The summed E-state index contributed by atoms with van der Waals surface area (Å²) in [5, 5.41) is 1.21. The van der Waals surface area contributed by atoms with Crippen LogP contribution >= 0.6 is 7.82 Å². The molecule has 5 nitrogen and oxygen atoms in total. The van der Waals surface area contributed by atoms with Crippen molar-refractivity contribution in [2.45, 2.75) is 6.92 Å². The van der Waals surface area contributed by atoms with Crippen molar-refractivity contribution < 1.29 is 19.2 Å². The van der Waals surface area contributed by atoms with E-state index in [1.165, 1.54) is 5.39 Å². The third-order valence-electron chi connectivity index (χ3n) is 1.74. The monoisotopic (exact) mass is 241 g/mol. The number of rotatable bonds is 0. The molecule has 6 heteroatoms. The smallest absolute Gasteiger partial charge is 0.303 e. The number of aryl methyl sites for hydroxylation is 1. The molecular formula is C10H12NO4P. The summed E-state index contributed by atoms with van der Waals surface area (Å²) in [4.78, 5) is 25.9. The second-order valence-corrected chi connectivity index (χ2v) is 4.19. The average Bonchev–Trinajstić information content (AvgIpc) is 2.15. The van der Waals surface area contributed by atoms with E-state index in [0.29, 0.717) is 0 Å². The molecule has 0 amide bonds. The maximum atomic E-state index is 8.88. The Morgan fingerprint density at radius 1 is 1.06 bits per heavy atom. The number of nitrogens with zero attached hydrogens (tertiary/aromatic N) is 1. The minimum atomic E-state index is -4.64. The fourth-order valence-electron chi connectivity index (χ4n) is 1.17. The SMILES string of the molecule is Cc1ccc2ccccc2n1.O=P(O)(O)O. The van der Waals surface area contributed by atoms with Gasteiger partial charge >= 0.3 is 7.82 Å². The highest BCUT2D eigenvalue weighted by Gasteiger charge is 2.00. The van der Waals surface area contributed by atoms with Crippen LogP contribution in [-0.2, 0) is 4.57 Å². The molecule has 1 aromatic heterocycles. The molecule has 2 rings (SSSR count). The van der Waals surface area contributed by atoms with Crippen LogP contribution in [0.15, 0.2) is 36.4 Å². The van der Waals surface area contributed by atoms with Crippen LogP contribution in [0, 0.1) is 6.92 Å². The summed E-state index contributed by atoms with van der Waals surface area (Å²) in [6, 6.07) is 12.3. The van der Waals surface area contributed by atoms with Crippen LogP contribution in [0.2, 0.25) is 0 Å². The lowest BCUT2D eigenvalue weighted by Crippen LogP contribution is -1.80. The second-order valence-electron chi connectivity index (χ2n) is 3.16. The Balaban J connectivity index is 0.000000221. The predicted octanol–water partition coefficient (Wildman–Crippen LogP) is 1.61. The van der Waals surface area contributed by atoms with Crippen molar-refractivity contribution in [1.82, 2.24) is 4.98 Å². The van der Waals surface area contributed by atoms with Crippen molar-refractivity contribution in [2.24, 2.45) is 0 Å². The summed E-state index contributed by atoms with van der Waals surface area (Å²) in [7, 11) is -4.64. The van der Waals surface area contributed by atoms with Gasteiger partial charge in [-0.1, -0.05) is 24.3 Å². The predicted molar refractivity (Wildman–Crippen MR) is 60.7 cm³/mol. The third kappa shape index (κ3) is 5.00. The van der Waals surface area contributed by atoms with Crippen LogP contribution in [0.5, 0.6) is 0 Å². The Bertz CT molecular complexity index is 515. The normalized spacial score (nSPS) is 10.8. The van der Waals surface area contributed by atoms with E-state index >= 15 is 0 Å². The number of para-hydroxylation sites is 1. The standard InChI is InChI=1S/C10H9N.H3O4P/c1-8-6-7-9-4-2-3-5-10(9)11-8;1-5(2,3)4/h2-7H,1H3;(H3,1,2,3,4). The molecule has 0 spiro atoms. The van der Waals surface area contributed by atoms with E-state index in [2.05, 4.69) is 17.1 Å². The molecule has 0 aliphatic carbocycles. The molecule has 3 N–H and O–H groups in total. The van der Waals surface area contributed by atoms with Crippen LogP contribution in [-0.4, -0.2) is 19.7 Å².